The number of halogens is 2. The quantitative estimate of drug-likeness (QED) is 0.921. The van der Waals surface area contributed by atoms with Gasteiger partial charge in [0.2, 0.25) is 0 Å². The van der Waals surface area contributed by atoms with Gasteiger partial charge in [0.15, 0.2) is 0 Å². The Kier molecular flexibility index (Phi) is 4.63. The van der Waals surface area contributed by atoms with E-state index in [1.165, 1.54) is 12.1 Å². The average Bonchev–Trinajstić information content (AvgIpc) is 2.37. The zero-order valence-corrected chi connectivity index (χ0v) is 12.1. The van der Waals surface area contributed by atoms with Crippen molar-refractivity contribution in [3.63, 3.8) is 0 Å². The second-order valence-corrected chi connectivity index (χ2v) is 5.17. The Morgan fingerprint density at radius 1 is 1.25 bits per heavy atom. The van der Waals surface area contributed by atoms with Crippen LogP contribution in [-0.4, -0.2) is 12.2 Å². The summed E-state index contributed by atoms with van der Waals surface area (Å²) in [6, 6.07) is 9.76. The molecule has 2 rings (SSSR count). The van der Waals surface area contributed by atoms with Crippen LogP contribution in [0.4, 0.5) is 4.39 Å². The summed E-state index contributed by atoms with van der Waals surface area (Å²) in [6.45, 7) is 1.79. The smallest absolute Gasteiger partial charge is 0.123 e. The maximum absolute atomic E-state index is 13.4. The molecule has 0 saturated heterocycles. The highest BCUT2D eigenvalue weighted by Gasteiger charge is 2.14. The molecule has 2 aromatic carbocycles. The van der Waals surface area contributed by atoms with Crippen LogP contribution < -0.4 is 4.74 Å². The van der Waals surface area contributed by atoms with Gasteiger partial charge in [0.05, 0.1) is 13.2 Å². The van der Waals surface area contributed by atoms with Gasteiger partial charge in [-0.05, 0) is 53.9 Å². The lowest BCUT2D eigenvalue weighted by Crippen LogP contribution is -2.04. The number of rotatable bonds is 4. The predicted molar refractivity (Wildman–Crippen MR) is 77.8 cm³/mol. The Labute approximate surface area is 122 Å². The molecule has 1 N–H and O–H groups in total. The zero-order valence-electron chi connectivity index (χ0n) is 11.4. The van der Waals surface area contributed by atoms with Gasteiger partial charge >= 0.3 is 0 Å². The molecule has 0 heterocycles. The van der Waals surface area contributed by atoms with Crippen LogP contribution in [0.25, 0.3) is 0 Å². The molecule has 2 aromatic rings. The summed E-state index contributed by atoms with van der Waals surface area (Å²) in [4.78, 5) is 0. The zero-order chi connectivity index (χ0) is 14.7. The Morgan fingerprint density at radius 2 is 2.00 bits per heavy atom. The summed E-state index contributed by atoms with van der Waals surface area (Å²) < 4.78 is 18.6. The molecule has 0 aliphatic rings. The van der Waals surface area contributed by atoms with E-state index in [1.54, 1.807) is 38.3 Å². The summed E-state index contributed by atoms with van der Waals surface area (Å²) in [5, 5.41) is 10.8. The lowest BCUT2D eigenvalue weighted by atomic mass is 9.99. The van der Waals surface area contributed by atoms with Gasteiger partial charge in [-0.1, -0.05) is 17.7 Å². The third kappa shape index (κ3) is 3.50. The first-order valence-corrected chi connectivity index (χ1v) is 6.65. The molecule has 0 saturated carbocycles. The molecule has 20 heavy (non-hydrogen) atoms. The first-order valence-electron chi connectivity index (χ1n) is 6.27. The maximum atomic E-state index is 13.4. The van der Waals surface area contributed by atoms with E-state index in [1.807, 2.05) is 0 Å². The molecule has 0 spiro atoms. The van der Waals surface area contributed by atoms with Gasteiger partial charge in [0.25, 0.3) is 0 Å². The lowest BCUT2D eigenvalue weighted by Gasteiger charge is -2.15. The number of aryl methyl sites for hydroxylation is 1. The van der Waals surface area contributed by atoms with Crippen LogP contribution in [0, 0.1) is 12.7 Å². The van der Waals surface area contributed by atoms with E-state index in [0.717, 1.165) is 11.1 Å². The van der Waals surface area contributed by atoms with Gasteiger partial charge in [0.1, 0.15) is 11.6 Å². The molecule has 0 amide bonds. The molecule has 0 aromatic heterocycles. The number of aliphatic hydroxyl groups is 1. The van der Waals surface area contributed by atoms with Crippen LogP contribution in [0.3, 0.4) is 0 Å². The number of hydrogen-bond donors (Lipinski definition) is 1. The third-order valence-corrected chi connectivity index (χ3v) is 3.34. The fourth-order valence-corrected chi connectivity index (χ4v) is 2.38. The minimum absolute atomic E-state index is 0.312. The van der Waals surface area contributed by atoms with E-state index in [2.05, 4.69) is 0 Å². The number of ether oxygens (including phenoxy) is 1. The molecule has 0 aliphatic carbocycles. The Hall–Kier alpha value is -1.58. The first kappa shape index (κ1) is 14.8. The monoisotopic (exact) mass is 294 g/mol. The number of hydrogen-bond acceptors (Lipinski definition) is 2. The Balaban J connectivity index is 2.27. The van der Waals surface area contributed by atoms with Gasteiger partial charge < -0.3 is 9.84 Å². The van der Waals surface area contributed by atoms with E-state index in [9.17, 15) is 9.50 Å². The Bertz CT molecular complexity index is 593. The van der Waals surface area contributed by atoms with Crippen LogP contribution >= 0.6 is 11.6 Å². The van der Waals surface area contributed by atoms with E-state index in [-0.39, 0.29) is 5.82 Å². The topological polar surface area (TPSA) is 29.5 Å². The maximum Gasteiger partial charge on any atom is 0.123 e. The van der Waals surface area contributed by atoms with E-state index < -0.39 is 6.10 Å². The fourth-order valence-electron chi connectivity index (χ4n) is 2.19. The van der Waals surface area contributed by atoms with Crippen LogP contribution in [0.2, 0.25) is 5.02 Å². The molecule has 1 atom stereocenters. The van der Waals surface area contributed by atoms with E-state index in [4.69, 9.17) is 16.3 Å². The van der Waals surface area contributed by atoms with Crippen molar-refractivity contribution in [3.05, 3.63) is 63.9 Å². The minimum atomic E-state index is -0.809. The van der Waals surface area contributed by atoms with Crippen molar-refractivity contribution in [1.82, 2.24) is 0 Å². The summed E-state index contributed by atoms with van der Waals surface area (Å²) in [7, 11) is 1.56. The normalized spacial score (nSPS) is 12.2. The van der Waals surface area contributed by atoms with Gasteiger partial charge in [-0.15, -0.1) is 0 Å². The average molecular weight is 295 g/mol. The third-order valence-electron chi connectivity index (χ3n) is 3.10. The van der Waals surface area contributed by atoms with Crippen LogP contribution in [0.5, 0.6) is 5.75 Å². The predicted octanol–water partition coefficient (Wildman–Crippen LogP) is 4.07. The summed E-state index contributed by atoms with van der Waals surface area (Å²) in [5.41, 5.74) is 2.11. The standard InChI is InChI=1S/C16H16ClFO2/c1-10-5-11(8-14(18)6-10)15(19)9-12-7-13(17)3-4-16(12)20-2/h3-8,15,19H,9H2,1-2H3. The van der Waals surface area contributed by atoms with Crippen molar-refractivity contribution in [2.75, 3.05) is 7.11 Å². The number of aliphatic hydroxyl groups excluding tert-OH is 1. The minimum Gasteiger partial charge on any atom is -0.496 e. The van der Waals surface area contributed by atoms with Crippen molar-refractivity contribution >= 4 is 11.6 Å². The van der Waals surface area contributed by atoms with Gasteiger partial charge in [-0.3, -0.25) is 0 Å². The summed E-state index contributed by atoms with van der Waals surface area (Å²) >= 11 is 5.96. The second-order valence-electron chi connectivity index (χ2n) is 4.74. The molecule has 106 valence electrons. The van der Waals surface area contributed by atoms with E-state index >= 15 is 0 Å². The van der Waals surface area contributed by atoms with Gasteiger partial charge in [-0.2, -0.15) is 0 Å². The molecule has 0 aliphatic heterocycles. The highest BCUT2D eigenvalue weighted by Crippen LogP contribution is 2.28. The van der Waals surface area contributed by atoms with Gasteiger partial charge in [-0.25, -0.2) is 4.39 Å². The van der Waals surface area contributed by atoms with Crippen molar-refractivity contribution in [1.29, 1.82) is 0 Å². The number of benzene rings is 2. The molecular formula is C16H16ClFO2. The van der Waals surface area contributed by atoms with E-state index in [0.29, 0.717) is 22.8 Å². The molecule has 4 heteroatoms. The Morgan fingerprint density at radius 3 is 2.65 bits per heavy atom. The van der Waals surface area contributed by atoms with Crippen molar-refractivity contribution < 1.29 is 14.2 Å². The van der Waals surface area contributed by atoms with Crippen LogP contribution in [-0.2, 0) is 6.42 Å². The highest BCUT2D eigenvalue weighted by molar-refractivity contribution is 6.30. The largest absolute Gasteiger partial charge is 0.496 e. The molecule has 0 fully saturated rings. The summed E-state index contributed by atoms with van der Waals surface area (Å²) in [5.74, 6) is 0.304. The van der Waals surface area contributed by atoms with Gasteiger partial charge in [0, 0.05) is 11.4 Å². The molecule has 2 nitrogen and oxygen atoms in total. The SMILES string of the molecule is COc1ccc(Cl)cc1CC(O)c1cc(C)cc(F)c1. The highest BCUT2D eigenvalue weighted by atomic mass is 35.5. The summed E-state index contributed by atoms with van der Waals surface area (Å²) in [6.07, 6.45) is -0.496. The van der Waals surface area contributed by atoms with Crippen LogP contribution in [0.15, 0.2) is 36.4 Å². The van der Waals surface area contributed by atoms with Crippen molar-refractivity contribution in [2.45, 2.75) is 19.4 Å². The van der Waals surface area contributed by atoms with Crippen molar-refractivity contribution in [3.8, 4) is 5.75 Å². The molecule has 1 unspecified atom stereocenters. The van der Waals surface area contributed by atoms with Crippen molar-refractivity contribution in [2.24, 2.45) is 0 Å². The molecular weight excluding hydrogens is 279 g/mol. The number of methoxy groups -OCH3 is 1. The first-order chi connectivity index (χ1) is 9.49. The van der Waals surface area contributed by atoms with Crippen LogP contribution in [0.1, 0.15) is 22.8 Å². The molecule has 0 radical (unpaired) electrons. The fraction of sp³-hybridized carbons (Fsp3) is 0.250. The molecule has 0 bridgehead atoms. The lowest BCUT2D eigenvalue weighted by molar-refractivity contribution is 0.176. The second kappa shape index (κ2) is 6.25.